The molecule has 110 valence electrons. The molecule has 1 N–H and O–H groups in total. The highest BCUT2D eigenvalue weighted by Gasteiger charge is 2.40. The van der Waals surface area contributed by atoms with E-state index >= 15 is 0 Å². The van der Waals surface area contributed by atoms with Crippen LogP contribution in [0.2, 0.25) is 0 Å². The van der Waals surface area contributed by atoms with Crippen LogP contribution in [0.1, 0.15) is 31.2 Å². The van der Waals surface area contributed by atoms with Crippen molar-refractivity contribution in [3.05, 3.63) is 35.9 Å². The molecule has 3 rings (SSSR count). The molecule has 1 aromatic carbocycles. The highest BCUT2D eigenvalue weighted by atomic mass is 19.1. The molecule has 1 atom stereocenters. The molecule has 3 heteroatoms. The van der Waals surface area contributed by atoms with Crippen molar-refractivity contribution in [1.82, 2.24) is 10.2 Å². The molecular weight excluding hydrogens is 251 g/mol. The average molecular weight is 276 g/mol. The smallest absolute Gasteiger partial charge is 0.102 e. The van der Waals surface area contributed by atoms with Crippen LogP contribution in [-0.4, -0.2) is 42.8 Å². The topological polar surface area (TPSA) is 15.3 Å². The van der Waals surface area contributed by atoms with Gasteiger partial charge in [-0.3, -0.25) is 4.90 Å². The second-order valence-electron chi connectivity index (χ2n) is 6.37. The molecule has 2 nitrogen and oxygen atoms in total. The monoisotopic (exact) mass is 276 g/mol. The van der Waals surface area contributed by atoms with Gasteiger partial charge in [0.25, 0.3) is 0 Å². The molecular formula is C17H25FN2. The molecule has 0 bridgehead atoms. The van der Waals surface area contributed by atoms with E-state index in [9.17, 15) is 4.39 Å². The van der Waals surface area contributed by atoms with E-state index in [2.05, 4.69) is 40.5 Å². The summed E-state index contributed by atoms with van der Waals surface area (Å²) in [6.45, 7) is 2.37. The quantitative estimate of drug-likeness (QED) is 0.909. The van der Waals surface area contributed by atoms with Crippen molar-refractivity contribution in [1.29, 1.82) is 0 Å². The van der Waals surface area contributed by atoms with Gasteiger partial charge in [0.15, 0.2) is 0 Å². The number of rotatable bonds is 4. The minimum absolute atomic E-state index is 0.235. The lowest BCUT2D eigenvalue weighted by atomic mass is 9.90. The highest BCUT2D eigenvalue weighted by molar-refractivity contribution is 5.17. The number of alkyl halides is 1. The third-order valence-electron chi connectivity index (χ3n) is 4.98. The maximum absolute atomic E-state index is 12.9. The van der Waals surface area contributed by atoms with Gasteiger partial charge in [-0.25, -0.2) is 4.39 Å². The van der Waals surface area contributed by atoms with Gasteiger partial charge in [-0.2, -0.15) is 0 Å². The molecule has 1 aromatic rings. The third kappa shape index (κ3) is 3.04. The fourth-order valence-electron chi connectivity index (χ4n) is 3.88. The van der Waals surface area contributed by atoms with Crippen LogP contribution in [0.4, 0.5) is 4.39 Å². The number of benzene rings is 1. The molecule has 2 aliphatic rings. The Balaban J connectivity index is 1.67. The van der Waals surface area contributed by atoms with Crippen molar-refractivity contribution in [3.63, 3.8) is 0 Å². The number of hydrogen-bond donors (Lipinski definition) is 1. The van der Waals surface area contributed by atoms with Gasteiger partial charge in [-0.1, -0.05) is 43.2 Å². The SMILES string of the molecule is FCCN1CC2(CCCC2)NCC1Cc1ccccc1. The predicted molar refractivity (Wildman–Crippen MR) is 80.7 cm³/mol. The fourth-order valence-corrected chi connectivity index (χ4v) is 3.88. The predicted octanol–water partition coefficient (Wildman–Crippen LogP) is 2.79. The first-order valence-electron chi connectivity index (χ1n) is 7.90. The molecule has 0 aromatic heterocycles. The zero-order chi connectivity index (χ0) is 13.8. The third-order valence-corrected chi connectivity index (χ3v) is 4.98. The molecule has 1 saturated heterocycles. The van der Waals surface area contributed by atoms with Gasteiger partial charge in [0.2, 0.25) is 0 Å². The Morgan fingerprint density at radius 3 is 2.65 bits per heavy atom. The summed E-state index contributed by atoms with van der Waals surface area (Å²) < 4.78 is 12.9. The van der Waals surface area contributed by atoms with Crippen LogP contribution in [-0.2, 0) is 6.42 Å². The Kier molecular flexibility index (Phi) is 4.37. The van der Waals surface area contributed by atoms with Gasteiger partial charge in [0.05, 0.1) is 0 Å². The van der Waals surface area contributed by atoms with Gasteiger partial charge in [-0.15, -0.1) is 0 Å². The molecule has 1 unspecified atom stereocenters. The van der Waals surface area contributed by atoms with E-state index in [-0.39, 0.29) is 12.2 Å². The summed E-state index contributed by atoms with van der Waals surface area (Å²) in [6.07, 6.45) is 6.17. The largest absolute Gasteiger partial charge is 0.308 e. The number of halogens is 1. The first-order chi connectivity index (χ1) is 9.81. The Labute approximate surface area is 121 Å². The van der Waals surface area contributed by atoms with E-state index in [0.717, 1.165) is 19.5 Å². The molecule has 1 spiro atoms. The molecule has 0 amide bonds. The minimum atomic E-state index is -0.235. The maximum Gasteiger partial charge on any atom is 0.102 e. The van der Waals surface area contributed by atoms with Crippen molar-refractivity contribution >= 4 is 0 Å². The minimum Gasteiger partial charge on any atom is -0.308 e. The molecule has 0 radical (unpaired) electrons. The van der Waals surface area contributed by atoms with E-state index in [4.69, 9.17) is 0 Å². The average Bonchev–Trinajstić information content (AvgIpc) is 2.92. The Bertz CT molecular complexity index is 414. The van der Waals surface area contributed by atoms with Gasteiger partial charge < -0.3 is 5.32 Å². The van der Waals surface area contributed by atoms with Crippen molar-refractivity contribution in [2.24, 2.45) is 0 Å². The lowest BCUT2D eigenvalue weighted by Crippen LogP contribution is -2.63. The van der Waals surface area contributed by atoms with Crippen LogP contribution in [0.5, 0.6) is 0 Å². The van der Waals surface area contributed by atoms with Gasteiger partial charge in [0.1, 0.15) is 6.67 Å². The molecule has 1 saturated carbocycles. The van der Waals surface area contributed by atoms with Crippen LogP contribution < -0.4 is 5.32 Å². The zero-order valence-electron chi connectivity index (χ0n) is 12.2. The molecule has 1 aliphatic heterocycles. The maximum atomic E-state index is 12.9. The van der Waals surface area contributed by atoms with Crippen LogP contribution in [0.15, 0.2) is 30.3 Å². The number of piperazine rings is 1. The van der Waals surface area contributed by atoms with E-state index in [0.29, 0.717) is 12.6 Å². The number of nitrogens with one attached hydrogen (secondary N) is 1. The number of hydrogen-bond acceptors (Lipinski definition) is 2. The summed E-state index contributed by atoms with van der Waals surface area (Å²) in [5.74, 6) is 0. The standard InChI is InChI=1S/C17H25FN2/c18-10-11-20-14-17(8-4-5-9-17)19-13-16(20)12-15-6-2-1-3-7-15/h1-3,6-7,16,19H,4-5,8-14H2. The summed E-state index contributed by atoms with van der Waals surface area (Å²) in [5, 5.41) is 3.79. The summed E-state index contributed by atoms with van der Waals surface area (Å²) in [7, 11) is 0. The van der Waals surface area contributed by atoms with E-state index in [1.165, 1.54) is 31.2 Å². The fraction of sp³-hybridized carbons (Fsp3) is 0.647. The first kappa shape index (κ1) is 14.0. The Morgan fingerprint density at radius 1 is 1.20 bits per heavy atom. The van der Waals surface area contributed by atoms with Gasteiger partial charge >= 0.3 is 0 Å². The second-order valence-corrected chi connectivity index (χ2v) is 6.37. The normalized spacial score (nSPS) is 26.1. The zero-order valence-corrected chi connectivity index (χ0v) is 12.2. The van der Waals surface area contributed by atoms with Crippen LogP contribution in [0.3, 0.4) is 0 Å². The number of nitrogens with zero attached hydrogens (tertiary/aromatic N) is 1. The Hall–Kier alpha value is -0.930. The van der Waals surface area contributed by atoms with E-state index < -0.39 is 0 Å². The summed E-state index contributed by atoms with van der Waals surface area (Å²) in [5.41, 5.74) is 1.63. The van der Waals surface area contributed by atoms with E-state index in [1.54, 1.807) is 0 Å². The van der Waals surface area contributed by atoms with Crippen LogP contribution in [0, 0.1) is 0 Å². The van der Waals surface area contributed by atoms with Crippen LogP contribution in [0.25, 0.3) is 0 Å². The van der Waals surface area contributed by atoms with Gasteiger partial charge in [0, 0.05) is 31.2 Å². The Morgan fingerprint density at radius 2 is 1.95 bits per heavy atom. The lowest BCUT2D eigenvalue weighted by Gasteiger charge is -2.46. The van der Waals surface area contributed by atoms with Crippen LogP contribution >= 0.6 is 0 Å². The molecule has 2 fully saturated rings. The molecule has 20 heavy (non-hydrogen) atoms. The van der Waals surface area contributed by atoms with Crippen molar-refractivity contribution in [2.75, 3.05) is 26.3 Å². The summed E-state index contributed by atoms with van der Waals surface area (Å²) >= 11 is 0. The molecule has 1 aliphatic carbocycles. The van der Waals surface area contributed by atoms with E-state index in [1.807, 2.05) is 0 Å². The van der Waals surface area contributed by atoms with Gasteiger partial charge in [-0.05, 0) is 24.8 Å². The van der Waals surface area contributed by atoms with Crippen molar-refractivity contribution in [2.45, 2.75) is 43.7 Å². The first-order valence-corrected chi connectivity index (χ1v) is 7.90. The highest BCUT2D eigenvalue weighted by Crippen LogP contribution is 2.33. The summed E-state index contributed by atoms with van der Waals surface area (Å²) in [6, 6.07) is 11.0. The molecule has 1 heterocycles. The second kappa shape index (κ2) is 6.23. The van der Waals surface area contributed by atoms with Crippen molar-refractivity contribution in [3.8, 4) is 0 Å². The van der Waals surface area contributed by atoms with Crippen molar-refractivity contribution < 1.29 is 4.39 Å². The summed E-state index contributed by atoms with van der Waals surface area (Å²) in [4.78, 5) is 2.38. The lowest BCUT2D eigenvalue weighted by molar-refractivity contribution is 0.0748.